The number of aromatic nitrogens is 1. The van der Waals surface area contributed by atoms with E-state index in [4.69, 9.17) is 0 Å². The number of nitrogens with one attached hydrogen (secondary N) is 1. The second-order valence-corrected chi connectivity index (χ2v) is 4.17. The van der Waals surface area contributed by atoms with E-state index in [1.54, 1.807) is 12.1 Å². The van der Waals surface area contributed by atoms with Crippen molar-refractivity contribution in [2.24, 2.45) is 0 Å². The van der Waals surface area contributed by atoms with Gasteiger partial charge in [-0.1, -0.05) is 0 Å². The number of H-pyrrole nitrogens is 1. The molecule has 15 heavy (non-hydrogen) atoms. The Kier molecular flexibility index (Phi) is 1.83. The lowest BCUT2D eigenvalue weighted by atomic mass is 9.93. The van der Waals surface area contributed by atoms with E-state index in [1.807, 2.05) is 0 Å². The maximum Gasteiger partial charge on any atom is 0.123 e. The van der Waals surface area contributed by atoms with E-state index in [2.05, 4.69) is 4.98 Å². The Morgan fingerprint density at radius 1 is 1.40 bits per heavy atom. The van der Waals surface area contributed by atoms with Crippen LogP contribution in [0.25, 0.3) is 10.9 Å². The predicted molar refractivity (Wildman–Crippen MR) is 56.3 cm³/mol. The third-order valence-electron chi connectivity index (χ3n) is 3.12. The first-order chi connectivity index (χ1) is 7.24. The normalized spacial score (nSPS) is 20.5. The van der Waals surface area contributed by atoms with E-state index >= 15 is 0 Å². The third kappa shape index (κ3) is 1.35. The van der Waals surface area contributed by atoms with Crippen molar-refractivity contribution in [1.82, 2.24) is 4.98 Å². The minimum atomic E-state index is -0.278. The zero-order valence-electron chi connectivity index (χ0n) is 8.26. The molecule has 1 unspecified atom stereocenters. The monoisotopic (exact) mass is 205 g/mol. The van der Waals surface area contributed by atoms with Crippen LogP contribution in [0.3, 0.4) is 0 Å². The Morgan fingerprint density at radius 2 is 2.27 bits per heavy atom. The number of hydrogen-bond donors (Lipinski definition) is 2. The van der Waals surface area contributed by atoms with Gasteiger partial charge < -0.3 is 10.1 Å². The lowest BCUT2D eigenvalue weighted by molar-refractivity contribution is 0.158. The Morgan fingerprint density at radius 3 is 3.13 bits per heavy atom. The summed E-state index contributed by atoms with van der Waals surface area (Å²) in [5.74, 6) is -0.218. The van der Waals surface area contributed by atoms with Gasteiger partial charge in [-0.25, -0.2) is 4.39 Å². The molecule has 1 aliphatic carbocycles. The third-order valence-corrected chi connectivity index (χ3v) is 3.12. The van der Waals surface area contributed by atoms with Crippen LogP contribution in [0.5, 0.6) is 0 Å². The smallest absolute Gasteiger partial charge is 0.123 e. The van der Waals surface area contributed by atoms with E-state index < -0.39 is 0 Å². The molecule has 1 aromatic carbocycles. The minimum Gasteiger partial charge on any atom is -0.393 e. The molecule has 0 spiro atoms. The Balaban J connectivity index is 2.25. The molecule has 1 atom stereocenters. The number of aliphatic hydroxyl groups excluding tert-OH is 1. The van der Waals surface area contributed by atoms with Crippen molar-refractivity contribution in [3.05, 3.63) is 35.3 Å². The minimum absolute atomic E-state index is 0.218. The molecule has 78 valence electrons. The molecule has 0 fully saturated rings. The average molecular weight is 205 g/mol. The van der Waals surface area contributed by atoms with Crippen molar-refractivity contribution in [3.63, 3.8) is 0 Å². The van der Waals surface area contributed by atoms with Crippen molar-refractivity contribution in [2.75, 3.05) is 0 Å². The van der Waals surface area contributed by atoms with Gasteiger partial charge in [0.15, 0.2) is 0 Å². The molecule has 0 saturated carbocycles. The highest BCUT2D eigenvalue weighted by Gasteiger charge is 2.20. The lowest BCUT2D eigenvalue weighted by Crippen LogP contribution is -2.17. The summed E-state index contributed by atoms with van der Waals surface area (Å²) < 4.78 is 13.1. The maximum absolute atomic E-state index is 13.1. The van der Waals surface area contributed by atoms with Gasteiger partial charge in [-0.15, -0.1) is 0 Å². The molecular formula is C12H12FNO. The quantitative estimate of drug-likeness (QED) is 0.679. The SMILES string of the molecule is OC1CCc2[nH]c3ccc(F)cc3c2C1. The Labute approximate surface area is 86.7 Å². The van der Waals surface area contributed by atoms with Crippen LogP contribution >= 0.6 is 0 Å². The van der Waals surface area contributed by atoms with E-state index in [9.17, 15) is 9.50 Å². The van der Waals surface area contributed by atoms with Gasteiger partial charge in [-0.3, -0.25) is 0 Å². The first-order valence-corrected chi connectivity index (χ1v) is 5.21. The first kappa shape index (κ1) is 8.92. The highest BCUT2D eigenvalue weighted by atomic mass is 19.1. The highest BCUT2D eigenvalue weighted by molar-refractivity contribution is 5.85. The summed E-state index contributed by atoms with van der Waals surface area (Å²) >= 11 is 0. The molecule has 2 nitrogen and oxygen atoms in total. The number of aromatic amines is 1. The van der Waals surface area contributed by atoms with Crippen LogP contribution in [0.15, 0.2) is 18.2 Å². The largest absolute Gasteiger partial charge is 0.393 e. The summed E-state index contributed by atoms with van der Waals surface area (Å²) in [6.07, 6.45) is 2.01. The summed E-state index contributed by atoms with van der Waals surface area (Å²) in [5.41, 5.74) is 3.21. The fraction of sp³-hybridized carbons (Fsp3) is 0.333. The van der Waals surface area contributed by atoms with Crippen molar-refractivity contribution in [3.8, 4) is 0 Å². The highest BCUT2D eigenvalue weighted by Crippen LogP contribution is 2.29. The number of benzene rings is 1. The second-order valence-electron chi connectivity index (χ2n) is 4.17. The van der Waals surface area contributed by atoms with E-state index in [1.165, 1.54) is 6.07 Å². The molecule has 0 aliphatic heterocycles. The van der Waals surface area contributed by atoms with Crippen LogP contribution in [0.4, 0.5) is 4.39 Å². The Bertz CT molecular complexity index is 518. The number of aliphatic hydroxyl groups is 1. The van der Waals surface area contributed by atoms with Crippen LogP contribution in [0.1, 0.15) is 17.7 Å². The summed E-state index contributed by atoms with van der Waals surface area (Å²) in [4.78, 5) is 3.29. The summed E-state index contributed by atoms with van der Waals surface area (Å²) in [6.45, 7) is 0. The molecule has 1 heterocycles. The van der Waals surface area contributed by atoms with Gasteiger partial charge in [0.2, 0.25) is 0 Å². The molecule has 3 heteroatoms. The van der Waals surface area contributed by atoms with Crippen LogP contribution in [0.2, 0.25) is 0 Å². The fourth-order valence-corrected chi connectivity index (χ4v) is 2.37. The van der Waals surface area contributed by atoms with Gasteiger partial charge in [-0.05, 0) is 36.6 Å². The molecule has 0 bridgehead atoms. The van der Waals surface area contributed by atoms with E-state index in [-0.39, 0.29) is 11.9 Å². The number of hydrogen-bond acceptors (Lipinski definition) is 1. The number of aryl methyl sites for hydroxylation is 1. The van der Waals surface area contributed by atoms with Gasteiger partial charge in [0.05, 0.1) is 6.10 Å². The van der Waals surface area contributed by atoms with Gasteiger partial charge in [0.25, 0.3) is 0 Å². The van der Waals surface area contributed by atoms with Crippen LogP contribution < -0.4 is 0 Å². The van der Waals surface area contributed by atoms with Crippen molar-refractivity contribution in [2.45, 2.75) is 25.4 Å². The molecule has 0 saturated heterocycles. The zero-order valence-corrected chi connectivity index (χ0v) is 8.26. The summed E-state index contributed by atoms with van der Waals surface area (Å²) in [5, 5.41) is 10.5. The predicted octanol–water partition coefficient (Wildman–Crippen LogP) is 2.16. The van der Waals surface area contributed by atoms with Crippen molar-refractivity contribution < 1.29 is 9.50 Å². The van der Waals surface area contributed by atoms with Gasteiger partial charge in [0.1, 0.15) is 5.82 Å². The zero-order chi connectivity index (χ0) is 10.4. The van der Waals surface area contributed by atoms with E-state index in [0.717, 1.165) is 35.0 Å². The second kappa shape index (κ2) is 3.07. The molecule has 1 aromatic heterocycles. The molecule has 0 amide bonds. The Hall–Kier alpha value is -1.35. The summed E-state index contributed by atoms with van der Waals surface area (Å²) in [7, 11) is 0. The molecule has 2 N–H and O–H groups in total. The molecule has 1 aliphatic rings. The number of halogens is 1. The van der Waals surface area contributed by atoms with Crippen LogP contribution in [-0.4, -0.2) is 16.2 Å². The first-order valence-electron chi connectivity index (χ1n) is 5.21. The van der Waals surface area contributed by atoms with Gasteiger partial charge >= 0.3 is 0 Å². The van der Waals surface area contributed by atoms with Crippen LogP contribution in [-0.2, 0) is 12.8 Å². The molecule has 0 radical (unpaired) electrons. The molecular weight excluding hydrogens is 193 g/mol. The summed E-state index contributed by atoms with van der Waals surface area (Å²) in [6, 6.07) is 4.76. The average Bonchev–Trinajstić information content (AvgIpc) is 2.56. The topological polar surface area (TPSA) is 36.0 Å². The van der Waals surface area contributed by atoms with Gasteiger partial charge in [0, 0.05) is 23.0 Å². The number of fused-ring (bicyclic) bond motifs is 3. The van der Waals surface area contributed by atoms with Crippen LogP contribution in [0, 0.1) is 5.82 Å². The maximum atomic E-state index is 13.1. The molecule has 2 aromatic rings. The molecule has 3 rings (SSSR count). The van der Waals surface area contributed by atoms with Gasteiger partial charge in [-0.2, -0.15) is 0 Å². The van der Waals surface area contributed by atoms with Crippen molar-refractivity contribution >= 4 is 10.9 Å². The number of rotatable bonds is 0. The standard InChI is InChI=1S/C12H12FNO/c13-7-1-3-11-9(5-7)10-6-8(15)2-4-12(10)14-11/h1,3,5,8,14-15H,2,4,6H2. The lowest BCUT2D eigenvalue weighted by Gasteiger charge is -2.17. The van der Waals surface area contributed by atoms with E-state index in [0.29, 0.717) is 6.42 Å². The van der Waals surface area contributed by atoms with Crippen molar-refractivity contribution in [1.29, 1.82) is 0 Å². The fourth-order valence-electron chi connectivity index (χ4n) is 2.37.